The van der Waals surface area contributed by atoms with E-state index in [9.17, 15) is 0 Å². The van der Waals surface area contributed by atoms with Crippen molar-refractivity contribution < 1.29 is 0 Å². The van der Waals surface area contributed by atoms with Gasteiger partial charge in [0.15, 0.2) is 0 Å². The first-order valence-electron chi connectivity index (χ1n) is 3.12. The van der Waals surface area contributed by atoms with E-state index in [0.29, 0.717) is 0 Å². The molecule has 1 aromatic heterocycles. The van der Waals surface area contributed by atoms with E-state index >= 15 is 0 Å². The molecule has 0 fully saturated rings. The summed E-state index contributed by atoms with van der Waals surface area (Å²) < 4.78 is 1.05. The summed E-state index contributed by atoms with van der Waals surface area (Å²) in [5.74, 6) is 0. The van der Waals surface area contributed by atoms with Gasteiger partial charge in [-0.2, -0.15) is 5.26 Å². The number of halogens is 1. The van der Waals surface area contributed by atoms with Gasteiger partial charge in [0.1, 0.15) is 6.04 Å². The SMILES string of the molecule is CC(C#N)Nc1cc(Br)cs1. The lowest BCUT2D eigenvalue weighted by atomic mass is 10.4. The van der Waals surface area contributed by atoms with Crippen LogP contribution >= 0.6 is 27.3 Å². The van der Waals surface area contributed by atoms with E-state index in [1.165, 1.54) is 0 Å². The highest BCUT2D eigenvalue weighted by atomic mass is 79.9. The Balaban J connectivity index is 2.59. The highest BCUT2D eigenvalue weighted by Gasteiger charge is 2.00. The Bertz CT molecular complexity index is 276. The van der Waals surface area contributed by atoms with E-state index in [-0.39, 0.29) is 6.04 Å². The van der Waals surface area contributed by atoms with Gasteiger partial charge in [-0.05, 0) is 28.9 Å². The van der Waals surface area contributed by atoms with E-state index in [1.54, 1.807) is 11.3 Å². The third-order valence-corrected chi connectivity index (χ3v) is 2.74. The monoisotopic (exact) mass is 230 g/mol. The fourth-order valence-corrected chi connectivity index (χ4v) is 2.04. The van der Waals surface area contributed by atoms with Gasteiger partial charge < -0.3 is 5.32 Å². The average molecular weight is 231 g/mol. The fourth-order valence-electron chi connectivity index (χ4n) is 0.634. The second-order valence-electron chi connectivity index (χ2n) is 2.12. The van der Waals surface area contributed by atoms with Gasteiger partial charge in [0.2, 0.25) is 0 Å². The summed E-state index contributed by atoms with van der Waals surface area (Å²) in [6.45, 7) is 1.83. The molecule has 0 amide bonds. The van der Waals surface area contributed by atoms with E-state index in [4.69, 9.17) is 5.26 Å². The molecule has 0 aromatic carbocycles. The minimum absolute atomic E-state index is 0.124. The van der Waals surface area contributed by atoms with Crippen LogP contribution in [-0.4, -0.2) is 6.04 Å². The lowest BCUT2D eigenvalue weighted by molar-refractivity contribution is 1.02. The number of hydrogen-bond acceptors (Lipinski definition) is 3. The van der Waals surface area contributed by atoms with E-state index < -0.39 is 0 Å². The second kappa shape index (κ2) is 3.74. The zero-order valence-electron chi connectivity index (χ0n) is 5.97. The highest BCUT2D eigenvalue weighted by Crippen LogP contribution is 2.24. The minimum Gasteiger partial charge on any atom is -0.362 e. The van der Waals surface area contributed by atoms with Crippen LogP contribution in [0.25, 0.3) is 0 Å². The smallest absolute Gasteiger partial charge is 0.112 e. The van der Waals surface area contributed by atoms with Gasteiger partial charge >= 0.3 is 0 Å². The molecule has 11 heavy (non-hydrogen) atoms. The first-order valence-corrected chi connectivity index (χ1v) is 4.80. The van der Waals surface area contributed by atoms with Crippen molar-refractivity contribution in [1.82, 2.24) is 0 Å². The largest absolute Gasteiger partial charge is 0.362 e. The number of nitrogens with one attached hydrogen (secondary N) is 1. The summed E-state index contributed by atoms with van der Waals surface area (Å²) in [5.41, 5.74) is 0. The van der Waals surface area contributed by atoms with Gasteiger partial charge in [0.25, 0.3) is 0 Å². The molecule has 0 radical (unpaired) electrons. The molecular formula is C7H7BrN2S. The van der Waals surface area contributed by atoms with Gasteiger partial charge in [-0.25, -0.2) is 0 Å². The molecule has 1 atom stereocenters. The molecule has 0 spiro atoms. The van der Waals surface area contributed by atoms with Crippen LogP contribution in [0.5, 0.6) is 0 Å². The first-order chi connectivity index (χ1) is 5.22. The van der Waals surface area contributed by atoms with Crippen LogP contribution < -0.4 is 5.32 Å². The summed E-state index contributed by atoms with van der Waals surface area (Å²) in [7, 11) is 0. The number of thiophene rings is 1. The van der Waals surface area contributed by atoms with E-state index in [0.717, 1.165) is 9.47 Å². The lowest BCUT2D eigenvalue weighted by Gasteiger charge is -2.02. The molecular weight excluding hydrogens is 224 g/mol. The van der Waals surface area contributed by atoms with Crippen molar-refractivity contribution in [3.63, 3.8) is 0 Å². The molecule has 1 rings (SSSR count). The Hall–Kier alpha value is -0.530. The van der Waals surface area contributed by atoms with E-state index in [1.807, 2.05) is 18.4 Å². The maximum absolute atomic E-state index is 8.48. The summed E-state index contributed by atoms with van der Waals surface area (Å²) in [6.07, 6.45) is 0. The zero-order chi connectivity index (χ0) is 8.27. The molecule has 2 nitrogen and oxygen atoms in total. The van der Waals surface area contributed by atoms with Crippen LogP contribution in [0, 0.1) is 11.3 Å². The Kier molecular flexibility index (Phi) is 2.92. The topological polar surface area (TPSA) is 35.8 Å². The predicted octanol–water partition coefficient (Wildman–Crippen LogP) is 2.83. The third kappa shape index (κ3) is 2.52. The maximum Gasteiger partial charge on any atom is 0.112 e. The number of rotatable bonds is 2. The molecule has 0 saturated carbocycles. The molecule has 1 aromatic rings. The summed E-state index contributed by atoms with van der Waals surface area (Å²) in [5, 5.41) is 14.5. The van der Waals surface area contributed by atoms with Crippen molar-refractivity contribution >= 4 is 32.3 Å². The van der Waals surface area contributed by atoms with Crippen LogP contribution in [0.15, 0.2) is 15.9 Å². The number of nitrogens with zero attached hydrogens (tertiary/aromatic N) is 1. The second-order valence-corrected chi connectivity index (χ2v) is 3.95. The van der Waals surface area contributed by atoms with Crippen molar-refractivity contribution in [3.8, 4) is 6.07 Å². The Morgan fingerprint density at radius 2 is 2.55 bits per heavy atom. The van der Waals surface area contributed by atoms with Crippen LogP contribution in [-0.2, 0) is 0 Å². The maximum atomic E-state index is 8.48. The van der Waals surface area contributed by atoms with Crippen LogP contribution in [0.3, 0.4) is 0 Å². The van der Waals surface area contributed by atoms with Crippen LogP contribution in [0.2, 0.25) is 0 Å². The number of hydrogen-bond donors (Lipinski definition) is 1. The summed E-state index contributed by atoms with van der Waals surface area (Å²) >= 11 is 4.92. The molecule has 58 valence electrons. The van der Waals surface area contributed by atoms with Gasteiger partial charge in [-0.1, -0.05) is 0 Å². The number of anilines is 1. The van der Waals surface area contributed by atoms with Crippen molar-refractivity contribution in [2.24, 2.45) is 0 Å². The molecule has 0 saturated heterocycles. The number of nitriles is 1. The van der Waals surface area contributed by atoms with Crippen molar-refractivity contribution in [2.45, 2.75) is 13.0 Å². The molecule has 1 N–H and O–H groups in total. The third-order valence-electron chi connectivity index (χ3n) is 1.12. The summed E-state index contributed by atoms with van der Waals surface area (Å²) in [4.78, 5) is 0. The first kappa shape index (κ1) is 8.57. The lowest BCUT2D eigenvalue weighted by Crippen LogP contribution is -2.10. The van der Waals surface area contributed by atoms with Crippen LogP contribution in [0.1, 0.15) is 6.92 Å². The molecule has 0 aliphatic carbocycles. The Labute approximate surface area is 78.0 Å². The standard InChI is InChI=1S/C7H7BrN2S/c1-5(3-9)10-7-2-6(8)4-11-7/h2,4-5,10H,1H3. The molecule has 0 aliphatic rings. The average Bonchev–Trinajstić information content (AvgIpc) is 2.35. The van der Waals surface area contributed by atoms with Gasteiger partial charge in [-0.15, -0.1) is 11.3 Å². The Morgan fingerprint density at radius 3 is 3.00 bits per heavy atom. The van der Waals surface area contributed by atoms with E-state index in [2.05, 4.69) is 27.3 Å². The zero-order valence-corrected chi connectivity index (χ0v) is 8.37. The molecule has 4 heteroatoms. The van der Waals surface area contributed by atoms with Crippen molar-refractivity contribution in [3.05, 3.63) is 15.9 Å². The van der Waals surface area contributed by atoms with Crippen molar-refractivity contribution in [2.75, 3.05) is 5.32 Å². The fraction of sp³-hybridized carbons (Fsp3) is 0.286. The predicted molar refractivity (Wildman–Crippen MR) is 50.7 cm³/mol. The molecule has 1 unspecified atom stereocenters. The van der Waals surface area contributed by atoms with Crippen LogP contribution in [0.4, 0.5) is 5.00 Å². The Morgan fingerprint density at radius 1 is 1.82 bits per heavy atom. The van der Waals surface area contributed by atoms with Crippen molar-refractivity contribution in [1.29, 1.82) is 5.26 Å². The highest BCUT2D eigenvalue weighted by molar-refractivity contribution is 9.10. The quantitative estimate of drug-likeness (QED) is 0.849. The minimum atomic E-state index is -0.124. The van der Waals surface area contributed by atoms with Gasteiger partial charge in [-0.3, -0.25) is 0 Å². The summed E-state index contributed by atoms with van der Waals surface area (Å²) in [6, 6.07) is 3.94. The van der Waals surface area contributed by atoms with Gasteiger partial charge in [0.05, 0.1) is 11.1 Å². The molecule has 1 heterocycles. The molecule has 0 aliphatic heterocycles. The molecule has 0 bridgehead atoms. The van der Waals surface area contributed by atoms with Gasteiger partial charge in [0, 0.05) is 9.85 Å². The normalized spacial score (nSPS) is 12.1.